The van der Waals surface area contributed by atoms with Crippen LogP contribution in [-0.4, -0.2) is 6.71 Å². The van der Waals surface area contributed by atoms with E-state index in [0.717, 1.165) is 104 Å². The zero-order valence-electron chi connectivity index (χ0n) is 49.6. The van der Waals surface area contributed by atoms with Crippen molar-refractivity contribution < 1.29 is 14.0 Å². The number of furan rings is 1. The topological polar surface area (TPSA) is 19.6 Å². The molecule has 4 aliphatic rings. The van der Waals surface area contributed by atoms with Crippen molar-refractivity contribution in [3.8, 4) is 11.1 Å². The fraction of sp³-hybridized carbons (Fsp3) is 0.397. The fourth-order valence-electron chi connectivity index (χ4n) is 11.9. The van der Waals surface area contributed by atoms with E-state index in [1.54, 1.807) is 0 Å². The van der Waals surface area contributed by atoms with E-state index in [0.29, 0.717) is 11.3 Å². The van der Waals surface area contributed by atoms with Crippen LogP contribution in [0, 0.1) is 6.92 Å². The van der Waals surface area contributed by atoms with E-state index in [-0.39, 0.29) is 74.3 Å². The Morgan fingerprint density at radius 3 is 1.64 bits per heavy atom. The molecule has 0 N–H and O–H groups in total. The van der Waals surface area contributed by atoms with Crippen LogP contribution in [0.5, 0.6) is 0 Å². The molecule has 3 nitrogen and oxygen atoms in total. The van der Waals surface area contributed by atoms with Crippen molar-refractivity contribution in [2.45, 2.75) is 162 Å². The molecule has 0 amide bonds. The Morgan fingerprint density at radius 2 is 1.07 bits per heavy atom. The highest BCUT2D eigenvalue weighted by Crippen LogP contribution is 2.55. The maximum absolute atomic E-state index is 9.94. The lowest BCUT2D eigenvalue weighted by Crippen LogP contribution is -2.61. The van der Waals surface area contributed by atoms with Crippen molar-refractivity contribution in [2.24, 2.45) is 0 Å². The van der Waals surface area contributed by atoms with Gasteiger partial charge in [0.1, 0.15) is 5.58 Å². The number of rotatable bonds is 3. The summed E-state index contributed by atoms with van der Waals surface area (Å²) in [6.45, 7) is 33.3. The van der Waals surface area contributed by atoms with Crippen LogP contribution in [0.25, 0.3) is 22.1 Å². The molecule has 342 valence electrons. The first-order chi connectivity index (χ1) is 34.2. The summed E-state index contributed by atoms with van der Waals surface area (Å²) in [5.74, 6) is 0. The van der Waals surface area contributed by atoms with E-state index in [9.17, 15) is 5.48 Å². The molecule has 6 aromatic carbocycles. The molecule has 0 fully saturated rings. The summed E-state index contributed by atoms with van der Waals surface area (Å²) in [5, 5.41) is 0.922. The second-order valence-electron chi connectivity index (χ2n) is 25.1. The van der Waals surface area contributed by atoms with E-state index in [4.69, 9.17) is 8.53 Å². The molecule has 2 aliphatic heterocycles. The molecule has 4 heteroatoms. The monoisotopic (exact) mass is 890 g/mol. The Balaban J connectivity index is 1.35. The average molecular weight is 890 g/mol. The molecule has 0 saturated carbocycles. The lowest BCUT2D eigenvalue weighted by atomic mass is 9.35. The van der Waals surface area contributed by atoms with E-state index < -0.39 is 12.8 Å². The minimum atomic E-state index is -0.427. The van der Waals surface area contributed by atoms with Gasteiger partial charge < -0.3 is 14.2 Å². The Bertz CT molecular complexity index is 3550. The molecule has 0 bridgehead atoms. The SMILES string of the molecule is [2H]c1cc(C(C)(C)C)cc([2H])c1N1c2cc(C)cc3c2B(c2cc4c(cc2N3c2cc3c(cc2-c2c([2H])c([2H])c([2H])c([2H])c2[2H])C(C)(C)CCC3(C)C)C(C)(C)CCC4(C)C)c2oc3ccc(C(C)(C)C)cc3c21. The van der Waals surface area contributed by atoms with E-state index in [1.807, 2.05) is 12.1 Å². The van der Waals surface area contributed by atoms with Gasteiger partial charge in [-0.25, -0.2) is 0 Å². The number of benzene rings is 6. The molecular weight excluding hydrogens is 812 g/mol. The normalized spacial score (nSPS) is 20.0. The molecule has 0 spiro atoms. The first-order valence-corrected chi connectivity index (χ1v) is 24.6. The minimum absolute atomic E-state index is 0.158. The predicted molar refractivity (Wildman–Crippen MR) is 288 cm³/mol. The number of hydrogen-bond acceptors (Lipinski definition) is 3. The lowest BCUT2D eigenvalue weighted by Gasteiger charge is -2.47. The fourth-order valence-corrected chi connectivity index (χ4v) is 11.9. The summed E-state index contributed by atoms with van der Waals surface area (Å²) in [7, 11) is 0. The number of fused-ring (bicyclic) bond motifs is 8. The van der Waals surface area contributed by atoms with Gasteiger partial charge in [-0.05, 0) is 175 Å². The molecule has 2 aliphatic carbocycles. The van der Waals surface area contributed by atoms with Crippen molar-refractivity contribution in [3.05, 3.63) is 148 Å². The van der Waals surface area contributed by atoms with Gasteiger partial charge in [0.15, 0.2) is 0 Å². The van der Waals surface area contributed by atoms with Crippen molar-refractivity contribution in [3.63, 3.8) is 0 Å². The molecule has 0 unspecified atom stereocenters. The number of anilines is 6. The number of hydrogen-bond donors (Lipinski definition) is 0. The quantitative estimate of drug-likeness (QED) is 0.165. The predicted octanol–water partition coefficient (Wildman–Crippen LogP) is 15.8. The number of nitrogens with zero attached hydrogens (tertiary/aromatic N) is 2. The summed E-state index contributed by atoms with van der Waals surface area (Å²) in [5.41, 5.74) is 15.5. The van der Waals surface area contributed by atoms with Gasteiger partial charge in [-0.3, -0.25) is 0 Å². The third-order valence-electron chi connectivity index (χ3n) is 16.4. The van der Waals surface area contributed by atoms with Gasteiger partial charge in [0.25, 0.3) is 6.71 Å². The molecule has 0 atom stereocenters. The summed E-state index contributed by atoms with van der Waals surface area (Å²) in [6, 6.07) is 23.0. The summed E-state index contributed by atoms with van der Waals surface area (Å²) >= 11 is 0. The van der Waals surface area contributed by atoms with Gasteiger partial charge in [0.05, 0.1) is 26.6 Å². The van der Waals surface area contributed by atoms with Crippen molar-refractivity contribution >= 4 is 68.4 Å². The van der Waals surface area contributed by atoms with Crippen LogP contribution in [-0.2, 0) is 32.5 Å². The second-order valence-corrected chi connectivity index (χ2v) is 25.1. The first kappa shape index (κ1) is 36.6. The second kappa shape index (κ2) is 14.3. The van der Waals surface area contributed by atoms with Gasteiger partial charge >= 0.3 is 0 Å². The van der Waals surface area contributed by atoms with Crippen LogP contribution in [0.3, 0.4) is 0 Å². The van der Waals surface area contributed by atoms with Gasteiger partial charge in [0.2, 0.25) is 0 Å². The Kier molecular flexibility index (Phi) is 7.79. The highest BCUT2D eigenvalue weighted by molar-refractivity contribution is 7.00. The first-order valence-electron chi connectivity index (χ1n) is 28.1. The molecule has 11 rings (SSSR count). The van der Waals surface area contributed by atoms with Crippen molar-refractivity contribution in [2.75, 3.05) is 9.80 Å². The number of aryl methyl sites for hydroxylation is 1. The average Bonchev–Trinajstić information content (AvgIpc) is 3.69. The molecule has 67 heavy (non-hydrogen) atoms. The molecule has 0 saturated heterocycles. The zero-order valence-corrected chi connectivity index (χ0v) is 42.6. The maximum atomic E-state index is 9.94. The standard InChI is InChI=1S/C63H71BN2O/c1-38-31-52-55-53(32-38)66(50-36-47-45(60(8,9)27-29-62(47,12)13)34-43(50)39-19-17-16-18-20-39)51-37-48-46(61(10,11)28-30-63(48,14)15)35-49(51)64(55)57-56(44-33-41(59(5,6)7)23-26-54(44)67-57)65(52)42-24-21-40(22-25-42)58(2,3)4/h16-26,31-37H,27-30H2,1-15H3/i16D,17D,18D,19D,20D,24D,25D. The van der Waals surface area contributed by atoms with Crippen molar-refractivity contribution in [1.29, 1.82) is 0 Å². The van der Waals surface area contributed by atoms with Gasteiger partial charge in [-0.15, -0.1) is 0 Å². The zero-order chi connectivity index (χ0) is 53.6. The van der Waals surface area contributed by atoms with E-state index >= 15 is 0 Å². The van der Waals surface area contributed by atoms with Crippen LogP contribution in [0.15, 0.2) is 113 Å². The van der Waals surface area contributed by atoms with Crippen molar-refractivity contribution in [1.82, 2.24) is 0 Å². The summed E-state index contributed by atoms with van der Waals surface area (Å²) < 4.78 is 73.3. The molecular formula is C63H71BN2O. The van der Waals surface area contributed by atoms with E-state index in [1.165, 1.54) is 16.7 Å². The van der Waals surface area contributed by atoms with Gasteiger partial charge in [-0.2, -0.15) is 0 Å². The Hall–Kier alpha value is -5.48. The van der Waals surface area contributed by atoms with Gasteiger partial charge in [-0.1, -0.05) is 151 Å². The van der Waals surface area contributed by atoms with Crippen LogP contribution in [0.1, 0.15) is 171 Å². The highest BCUT2D eigenvalue weighted by Gasteiger charge is 2.50. The highest BCUT2D eigenvalue weighted by atomic mass is 16.3. The molecule has 7 aromatic rings. The molecule has 1 aromatic heterocycles. The van der Waals surface area contributed by atoms with Gasteiger partial charge in [0, 0.05) is 33.7 Å². The largest absolute Gasteiger partial charge is 0.468 e. The molecule has 3 heterocycles. The summed E-state index contributed by atoms with van der Waals surface area (Å²) in [4.78, 5) is 4.50. The van der Waals surface area contributed by atoms with Crippen LogP contribution < -0.4 is 26.4 Å². The van der Waals surface area contributed by atoms with Crippen LogP contribution >= 0.6 is 0 Å². The van der Waals surface area contributed by atoms with Crippen LogP contribution in [0.4, 0.5) is 34.1 Å². The third kappa shape index (κ3) is 6.73. The maximum Gasteiger partial charge on any atom is 0.297 e. The van der Waals surface area contributed by atoms with Crippen LogP contribution in [0.2, 0.25) is 0 Å². The smallest absolute Gasteiger partial charge is 0.297 e. The minimum Gasteiger partial charge on any atom is -0.468 e. The lowest BCUT2D eigenvalue weighted by molar-refractivity contribution is 0.332. The molecule has 0 radical (unpaired) electrons. The third-order valence-corrected chi connectivity index (χ3v) is 16.4. The van der Waals surface area contributed by atoms with E-state index in [2.05, 4.69) is 168 Å². The Morgan fingerprint density at radius 1 is 0.552 bits per heavy atom. The summed E-state index contributed by atoms with van der Waals surface area (Å²) in [6.07, 6.45) is 3.90. The Labute approximate surface area is 411 Å².